The Morgan fingerprint density at radius 2 is 1.67 bits per heavy atom. The first-order valence-corrected chi connectivity index (χ1v) is 17.8. The third kappa shape index (κ3) is 8.24. The van der Waals surface area contributed by atoms with Gasteiger partial charge >= 0.3 is 5.97 Å². The Labute approximate surface area is 279 Å². The number of esters is 1. The van der Waals surface area contributed by atoms with Crippen LogP contribution in [-0.4, -0.2) is 71.8 Å². The molecular formula is C33H38Cl2N4O6S. The average Bonchev–Trinajstić information content (AvgIpc) is 3.31. The molecule has 246 valence electrons. The van der Waals surface area contributed by atoms with Gasteiger partial charge in [0.2, 0.25) is 0 Å². The second-order valence-corrected chi connectivity index (χ2v) is 14.7. The minimum Gasteiger partial charge on any atom is -0.744 e. The van der Waals surface area contributed by atoms with E-state index >= 15 is 0 Å². The van der Waals surface area contributed by atoms with Crippen LogP contribution in [0.2, 0.25) is 10.0 Å². The van der Waals surface area contributed by atoms with Gasteiger partial charge in [-0.05, 0) is 48.7 Å². The maximum atomic E-state index is 13.9. The van der Waals surface area contributed by atoms with Crippen molar-refractivity contribution in [3.8, 4) is 0 Å². The number of rotatable bonds is 7. The highest BCUT2D eigenvalue weighted by molar-refractivity contribution is 7.85. The van der Waals surface area contributed by atoms with Crippen LogP contribution in [0.4, 0.5) is 5.82 Å². The lowest BCUT2D eigenvalue weighted by molar-refractivity contribution is -0.939. The lowest BCUT2D eigenvalue weighted by Gasteiger charge is -2.52. The van der Waals surface area contributed by atoms with Crippen molar-refractivity contribution in [2.75, 3.05) is 31.5 Å². The fraction of sp³-hybridized carbons (Fsp3) is 0.455. The number of anilines is 1. The molecule has 3 aromatic rings. The number of amides is 1. The van der Waals surface area contributed by atoms with Gasteiger partial charge in [-0.15, -0.1) is 5.10 Å². The van der Waals surface area contributed by atoms with Crippen LogP contribution < -0.4 is 5.32 Å². The zero-order chi connectivity index (χ0) is 32.8. The molecule has 4 heterocycles. The zero-order valence-corrected chi connectivity index (χ0v) is 27.8. The van der Waals surface area contributed by atoms with Crippen LogP contribution in [0.3, 0.4) is 0 Å². The molecule has 4 aliphatic rings. The Morgan fingerprint density at radius 3 is 2.28 bits per heavy atom. The number of carbonyl (C=O) groups excluding carboxylic acids is 2. The second kappa shape index (κ2) is 14.8. The standard InChI is InChI=1S/C27H34N4O3.C6H4Cl2O3S/c32-25(29-24-11-8-16-28-30-24)20-31-17-12-21(13-18-31)23(19-31)34-26(33)27(14-6-1-2-7-15-27)22-9-4-3-5-10-22;7-4-1-2-5(8)6(3-4)12(9,10)11/h3-5,8-11,16,21,23H,1-2,6-7,12-15,17-20H2;1-3H,(H,9,10,11)/t21?,23-,31?;/m0./s1. The van der Waals surface area contributed by atoms with E-state index in [4.69, 9.17) is 27.9 Å². The summed E-state index contributed by atoms with van der Waals surface area (Å²) in [7, 11) is -4.52. The Bertz CT molecular complexity index is 1610. The van der Waals surface area contributed by atoms with Crippen molar-refractivity contribution >= 4 is 51.0 Å². The molecule has 1 N–H and O–H groups in total. The van der Waals surface area contributed by atoms with Gasteiger partial charge in [0.05, 0.1) is 28.4 Å². The van der Waals surface area contributed by atoms with E-state index < -0.39 is 20.4 Å². The number of quaternary nitrogens is 1. The highest BCUT2D eigenvalue weighted by atomic mass is 35.5. The van der Waals surface area contributed by atoms with Gasteiger partial charge in [0.15, 0.2) is 18.5 Å². The fourth-order valence-corrected chi connectivity index (χ4v) is 8.27. The molecule has 1 amide bonds. The van der Waals surface area contributed by atoms with Crippen molar-refractivity contribution in [1.29, 1.82) is 0 Å². The zero-order valence-electron chi connectivity index (χ0n) is 25.4. The summed E-state index contributed by atoms with van der Waals surface area (Å²) in [6, 6.07) is 17.4. The van der Waals surface area contributed by atoms with Crippen LogP contribution >= 0.6 is 23.2 Å². The van der Waals surface area contributed by atoms with E-state index in [1.807, 2.05) is 18.2 Å². The van der Waals surface area contributed by atoms with Gasteiger partial charge < -0.3 is 19.1 Å². The molecule has 1 saturated carbocycles. The van der Waals surface area contributed by atoms with Crippen LogP contribution in [0.15, 0.2) is 71.8 Å². The lowest BCUT2D eigenvalue weighted by atomic mass is 9.74. The van der Waals surface area contributed by atoms with E-state index in [-0.39, 0.29) is 28.0 Å². The predicted molar refractivity (Wildman–Crippen MR) is 173 cm³/mol. The number of ether oxygens (including phenoxy) is 1. The Hall–Kier alpha value is -3.09. The maximum Gasteiger partial charge on any atom is 0.317 e. The molecule has 1 aromatic heterocycles. The number of hydrogen-bond donors (Lipinski definition) is 1. The van der Waals surface area contributed by atoms with Gasteiger partial charge in [0.25, 0.3) is 5.91 Å². The Morgan fingerprint density at radius 1 is 0.978 bits per heavy atom. The molecule has 1 aliphatic carbocycles. The lowest BCUT2D eigenvalue weighted by Crippen LogP contribution is -2.66. The molecule has 10 nitrogen and oxygen atoms in total. The smallest absolute Gasteiger partial charge is 0.317 e. The number of nitrogens with one attached hydrogen (secondary N) is 1. The van der Waals surface area contributed by atoms with Crippen molar-refractivity contribution in [2.45, 2.75) is 67.8 Å². The molecule has 0 radical (unpaired) electrons. The first-order valence-electron chi connectivity index (χ1n) is 15.6. The first kappa shape index (κ1) is 34.3. The van der Waals surface area contributed by atoms with E-state index in [1.54, 1.807) is 18.3 Å². The van der Waals surface area contributed by atoms with Crippen molar-refractivity contribution in [2.24, 2.45) is 5.92 Å². The van der Waals surface area contributed by atoms with Crippen molar-refractivity contribution in [3.05, 3.63) is 82.5 Å². The van der Waals surface area contributed by atoms with Crippen LogP contribution in [-0.2, 0) is 29.9 Å². The summed E-state index contributed by atoms with van der Waals surface area (Å²) in [5, 5.41) is 10.7. The number of halogens is 2. The molecule has 4 fully saturated rings. The third-order valence-corrected chi connectivity index (χ3v) is 11.0. The molecule has 7 rings (SSSR count). The number of nitrogens with zero attached hydrogens (tertiary/aromatic N) is 3. The molecule has 2 aromatic carbocycles. The van der Waals surface area contributed by atoms with Crippen molar-refractivity contribution in [3.63, 3.8) is 0 Å². The number of piperidine rings is 3. The largest absolute Gasteiger partial charge is 0.744 e. The summed E-state index contributed by atoms with van der Waals surface area (Å²) >= 11 is 10.9. The molecule has 3 saturated heterocycles. The summed E-state index contributed by atoms with van der Waals surface area (Å²) in [5.41, 5.74) is 0.549. The van der Waals surface area contributed by atoms with E-state index in [9.17, 15) is 22.6 Å². The molecule has 13 heteroatoms. The van der Waals surface area contributed by atoms with Crippen LogP contribution in [0.25, 0.3) is 0 Å². The SMILES string of the molecule is O=C(C[N+]12CCC(CC1)[C@@H](OC(=O)C1(c3ccccc3)CCCCCC1)C2)Nc1cccnn1.O=S(=O)([O-])c1cc(Cl)ccc1Cl. The van der Waals surface area contributed by atoms with E-state index in [0.717, 1.165) is 69.8 Å². The number of benzene rings is 2. The monoisotopic (exact) mass is 688 g/mol. The van der Waals surface area contributed by atoms with E-state index in [1.165, 1.54) is 25.0 Å². The van der Waals surface area contributed by atoms with E-state index in [0.29, 0.717) is 22.8 Å². The number of hydrogen-bond acceptors (Lipinski definition) is 8. The van der Waals surface area contributed by atoms with Crippen molar-refractivity contribution in [1.82, 2.24) is 10.2 Å². The summed E-state index contributed by atoms with van der Waals surface area (Å²) in [5.74, 6) is 0.751. The van der Waals surface area contributed by atoms with Crippen LogP contribution in [0.1, 0.15) is 56.9 Å². The van der Waals surface area contributed by atoms with Crippen LogP contribution in [0.5, 0.6) is 0 Å². The summed E-state index contributed by atoms with van der Waals surface area (Å²) < 4.78 is 38.6. The molecule has 2 bridgehead atoms. The van der Waals surface area contributed by atoms with Gasteiger partial charge in [-0.1, -0.05) is 79.2 Å². The normalized spacial score (nSPS) is 23.7. The van der Waals surface area contributed by atoms with Gasteiger partial charge in [-0.2, -0.15) is 5.10 Å². The minimum absolute atomic E-state index is 0.0542. The van der Waals surface area contributed by atoms with Gasteiger partial charge in [0, 0.05) is 30.0 Å². The predicted octanol–water partition coefficient (Wildman–Crippen LogP) is 5.76. The third-order valence-electron chi connectivity index (χ3n) is 9.46. The summed E-state index contributed by atoms with van der Waals surface area (Å²) in [4.78, 5) is 26.2. The second-order valence-electron chi connectivity index (χ2n) is 12.5. The Kier molecular flexibility index (Phi) is 11.0. The topological polar surface area (TPSA) is 138 Å². The number of aromatic nitrogens is 2. The first-order chi connectivity index (χ1) is 22.0. The highest BCUT2D eigenvalue weighted by Crippen LogP contribution is 2.42. The highest BCUT2D eigenvalue weighted by Gasteiger charge is 2.51. The number of carbonyl (C=O) groups is 2. The molecule has 0 unspecified atom stereocenters. The average molecular weight is 690 g/mol. The van der Waals surface area contributed by atoms with Gasteiger partial charge in [0.1, 0.15) is 16.7 Å². The molecule has 3 aliphatic heterocycles. The Balaban J connectivity index is 0.000000293. The summed E-state index contributed by atoms with van der Waals surface area (Å²) in [6.45, 7) is 3.00. The molecule has 46 heavy (non-hydrogen) atoms. The maximum absolute atomic E-state index is 13.9. The van der Waals surface area contributed by atoms with Crippen molar-refractivity contribution < 1.29 is 31.8 Å². The molecular weight excluding hydrogens is 651 g/mol. The van der Waals surface area contributed by atoms with Gasteiger partial charge in [-0.3, -0.25) is 9.59 Å². The summed E-state index contributed by atoms with van der Waals surface area (Å²) in [6.07, 6.45) is 9.63. The fourth-order valence-electron chi connectivity index (χ4n) is 7.05. The number of fused-ring (bicyclic) bond motifs is 3. The van der Waals surface area contributed by atoms with E-state index in [2.05, 4.69) is 27.6 Å². The molecule has 1 atom stereocenters. The molecule has 0 spiro atoms. The quantitative estimate of drug-likeness (QED) is 0.143. The van der Waals surface area contributed by atoms with Gasteiger partial charge in [-0.25, -0.2) is 8.42 Å². The minimum atomic E-state index is -4.52. The van der Waals surface area contributed by atoms with Crippen LogP contribution in [0, 0.1) is 5.92 Å².